The van der Waals surface area contributed by atoms with Crippen molar-refractivity contribution in [2.75, 3.05) is 0 Å². The number of imide groups is 1. The van der Waals surface area contributed by atoms with Crippen LogP contribution in [0.15, 0.2) is 58.1 Å². The number of benzene rings is 1. The molecule has 5 aliphatic rings. The Balaban J connectivity index is 1.24. The van der Waals surface area contributed by atoms with Crippen LogP contribution in [0.4, 0.5) is 0 Å². The number of hydrogen-bond acceptors (Lipinski definition) is 4. The molecule has 0 spiro atoms. The van der Waals surface area contributed by atoms with E-state index in [0.717, 1.165) is 17.0 Å². The second-order valence-electron chi connectivity index (χ2n) is 8.10. The van der Waals surface area contributed by atoms with Crippen LogP contribution in [0.5, 0.6) is 0 Å². The summed E-state index contributed by atoms with van der Waals surface area (Å²) in [5.74, 6) is 1.95. The maximum absolute atomic E-state index is 12.9. The Morgan fingerprint density at radius 1 is 0.964 bits per heavy atom. The molecule has 1 saturated heterocycles. The molecule has 6 atom stereocenters. The van der Waals surface area contributed by atoms with Gasteiger partial charge in [-0.3, -0.25) is 9.59 Å². The van der Waals surface area contributed by atoms with Gasteiger partial charge in [-0.15, -0.1) is 0 Å². The summed E-state index contributed by atoms with van der Waals surface area (Å²) in [4.78, 5) is 25.8. The van der Waals surface area contributed by atoms with Crippen molar-refractivity contribution in [2.24, 2.45) is 40.6 Å². The Morgan fingerprint density at radius 3 is 2.25 bits per heavy atom. The van der Waals surface area contributed by atoms with Crippen LogP contribution in [0, 0.1) is 35.5 Å². The first-order valence-electron chi connectivity index (χ1n) is 9.58. The van der Waals surface area contributed by atoms with E-state index in [1.54, 1.807) is 18.2 Å². The number of carbonyl (C=O) groups is 2. The first kappa shape index (κ1) is 16.3. The summed E-state index contributed by atoms with van der Waals surface area (Å²) in [5, 5.41) is 5.93. The molecule has 2 heterocycles. The maximum atomic E-state index is 12.9. The Morgan fingerprint density at radius 2 is 1.61 bits per heavy atom. The van der Waals surface area contributed by atoms with E-state index < -0.39 is 0 Å². The zero-order valence-corrected chi connectivity index (χ0v) is 15.6. The number of amides is 2. The molecule has 7 rings (SSSR count). The minimum atomic E-state index is -0.232. The minimum Gasteiger partial charge on any atom is -0.455 e. The van der Waals surface area contributed by atoms with Gasteiger partial charge in [-0.05, 0) is 66.5 Å². The summed E-state index contributed by atoms with van der Waals surface area (Å²) in [6, 6.07) is 10.9. The number of hydrazone groups is 1. The van der Waals surface area contributed by atoms with Crippen LogP contribution in [0.25, 0.3) is 11.3 Å². The Kier molecular flexibility index (Phi) is 3.30. The Bertz CT molecular complexity index is 1020. The SMILES string of the molecule is O=C1C2C3C=CC(C4CC34)C2C(=O)N1/N=C/c1ccc(-c2ccc(Cl)cc2)o1. The highest BCUT2D eigenvalue weighted by atomic mass is 35.5. The third kappa shape index (κ3) is 2.23. The number of nitrogens with zero attached hydrogens (tertiary/aromatic N) is 2. The molecule has 1 aliphatic heterocycles. The van der Waals surface area contributed by atoms with E-state index >= 15 is 0 Å². The topological polar surface area (TPSA) is 62.9 Å². The highest BCUT2D eigenvalue weighted by molar-refractivity contribution is 6.30. The van der Waals surface area contributed by atoms with Crippen molar-refractivity contribution < 1.29 is 14.0 Å². The molecule has 2 bridgehead atoms. The van der Waals surface area contributed by atoms with Gasteiger partial charge in [0.05, 0.1) is 18.1 Å². The van der Waals surface area contributed by atoms with Crippen LogP contribution in [0.2, 0.25) is 5.02 Å². The summed E-state index contributed by atoms with van der Waals surface area (Å²) >= 11 is 5.92. The first-order chi connectivity index (χ1) is 13.6. The summed E-state index contributed by atoms with van der Waals surface area (Å²) in [6.45, 7) is 0. The number of halogens is 1. The van der Waals surface area contributed by atoms with E-state index in [2.05, 4.69) is 17.3 Å². The molecule has 4 aliphatic carbocycles. The van der Waals surface area contributed by atoms with Crippen molar-refractivity contribution in [3.05, 3.63) is 59.3 Å². The van der Waals surface area contributed by atoms with E-state index in [1.807, 2.05) is 18.2 Å². The van der Waals surface area contributed by atoms with E-state index in [-0.39, 0.29) is 35.5 Å². The molecular weight excluding hydrogens is 376 g/mol. The molecule has 2 amide bonds. The normalized spacial score (nSPS) is 35.0. The van der Waals surface area contributed by atoms with E-state index in [0.29, 0.717) is 28.4 Å². The molecular formula is C22H17ClN2O3. The van der Waals surface area contributed by atoms with Gasteiger partial charge in [0.25, 0.3) is 11.8 Å². The van der Waals surface area contributed by atoms with Gasteiger partial charge in [0.1, 0.15) is 11.5 Å². The standard InChI is InChI=1S/C22H17ClN2O3/c23-12-3-1-11(2-4-12)18-8-5-13(28-18)10-24-25-21(26)19-14-6-7-15(17-9-16(14)17)20(19)22(25)27/h1-8,10,14-17,19-20H,9H2/b24-10+. The summed E-state index contributed by atoms with van der Waals surface area (Å²) in [6.07, 6.45) is 6.91. The second-order valence-corrected chi connectivity index (χ2v) is 8.53. The lowest BCUT2D eigenvalue weighted by Crippen LogP contribution is -2.40. The molecule has 0 N–H and O–H groups in total. The molecule has 6 unspecified atom stereocenters. The molecule has 0 radical (unpaired) electrons. The third-order valence-electron chi connectivity index (χ3n) is 6.70. The molecule has 1 aromatic heterocycles. The lowest BCUT2D eigenvalue weighted by molar-refractivity contribution is -0.140. The number of carbonyl (C=O) groups excluding carboxylic acids is 2. The van der Waals surface area contributed by atoms with Gasteiger partial charge in [0.15, 0.2) is 0 Å². The molecule has 3 fully saturated rings. The monoisotopic (exact) mass is 392 g/mol. The Labute approximate surface area is 166 Å². The summed E-state index contributed by atoms with van der Waals surface area (Å²) in [7, 11) is 0. The molecule has 1 aromatic carbocycles. The largest absolute Gasteiger partial charge is 0.455 e. The third-order valence-corrected chi connectivity index (χ3v) is 6.95. The van der Waals surface area contributed by atoms with Crippen LogP contribution in [-0.4, -0.2) is 23.0 Å². The number of allylic oxidation sites excluding steroid dienone is 2. The second kappa shape index (κ2) is 5.67. The average Bonchev–Trinajstić information content (AvgIpc) is 3.34. The highest BCUT2D eigenvalue weighted by Gasteiger charge is 2.67. The predicted octanol–water partition coefficient (Wildman–Crippen LogP) is 3.99. The van der Waals surface area contributed by atoms with Crippen molar-refractivity contribution in [1.82, 2.24) is 5.01 Å². The van der Waals surface area contributed by atoms with Gasteiger partial charge >= 0.3 is 0 Å². The van der Waals surface area contributed by atoms with Crippen LogP contribution in [0.1, 0.15) is 12.2 Å². The van der Waals surface area contributed by atoms with Crippen molar-refractivity contribution in [3.63, 3.8) is 0 Å². The lowest BCUT2D eigenvalue weighted by atomic mass is 9.63. The van der Waals surface area contributed by atoms with Crippen LogP contribution < -0.4 is 0 Å². The molecule has 2 saturated carbocycles. The van der Waals surface area contributed by atoms with Gasteiger partial charge in [-0.2, -0.15) is 10.1 Å². The van der Waals surface area contributed by atoms with Gasteiger partial charge in [0, 0.05) is 10.6 Å². The first-order valence-corrected chi connectivity index (χ1v) is 9.95. The summed E-state index contributed by atoms with van der Waals surface area (Å²) in [5.41, 5.74) is 0.894. The number of furan rings is 1. The predicted molar refractivity (Wildman–Crippen MR) is 103 cm³/mol. The highest BCUT2D eigenvalue weighted by Crippen LogP contribution is 2.65. The zero-order chi connectivity index (χ0) is 19.0. The van der Waals surface area contributed by atoms with E-state index in [9.17, 15) is 9.59 Å². The summed E-state index contributed by atoms with van der Waals surface area (Å²) < 4.78 is 5.78. The van der Waals surface area contributed by atoms with Crippen LogP contribution in [0.3, 0.4) is 0 Å². The lowest BCUT2D eigenvalue weighted by Gasteiger charge is -2.37. The van der Waals surface area contributed by atoms with Gasteiger partial charge in [-0.25, -0.2) is 0 Å². The van der Waals surface area contributed by atoms with E-state index in [4.69, 9.17) is 16.0 Å². The van der Waals surface area contributed by atoms with Crippen molar-refractivity contribution >= 4 is 29.6 Å². The molecule has 140 valence electrons. The van der Waals surface area contributed by atoms with Gasteiger partial charge in [-0.1, -0.05) is 23.8 Å². The smallest absolute Gasteiger partial charge is 0.254 e. The quantitative estimate of drug-likeness (QED) is 0.451. The fraction of sp³-hybridized carbons (Fsp3) is 0.318. The fourth-order valence-corrected chi connectivity index (χ4v) is 5.49. The number of hydrogen-bond donors (Lipinski definition) is 0. The Hall–Kier alpha value is -2.66. The molecule has 2 aromatic rings. The fourth-order valence-electron chi connectivity index (χ4n) is 5.36. The van der Waals surface area contributed by atoms with Gasteiger partial charge in [0.2, 0.25) is 0 Å². The van der Waals surface area contributed by atoms with Crippen molar-refractivity contribution in [1.29, 1.82) is 0 Å². The minimum absolute atomic E-state index is 0.166. The molecule has 6 heteroatoms. The zero-order valence-electron chi connectivity index (χ0n) is 14.9. The molecule has 5 nitrogen and oxygen atoms in total. The van der Waals surface area contributed by atoms with E-state index in [1.165, 1.54) is 6.21 Å². The number of rotatable bonds is 3. The maximum Gasteiger partial charge on any atom is 0.254 e. The van der Waals surface area contributed by atoms with Crippen molar-refractivity contribution in [3.8, 4) is 11.3 Å². The average molecular weight is 393 g/mol. The molecule has 28 heavy (non-hydrogen) atoms. The van der Waals surface area contributed by atoms with Crippen LogP contribution in [-0.2, 0) is 9.59 Å². The van der Waals surface area contributed by atoms with Crippen molar-refractivity contribution in [2.45, 2.75) is 6.42 Å². The van der Waals surface area contributed by atoms with Gasteiger partial charge < -0.3 is 4.42 Å². The van der Waals surface area contributed by atoms with Crippen LogP contribution >= 0.6 is 11.6 Å².